The number of amides is 2. The molecule has 2 amide bonds. The monoisotopic (exact) mass is 409 g/mol. The van der Waals surface area contributed by atoms with Crippen LogP contribution in [0.1, 0.15) is 72.7 Å². The van der Waals surface area contributed by atoms with Crippen LogP contribution < -0.4 is 16.2 Å². The number of carbonyl (C=O) groups excluding carboxylic acids is 2. The van der Waals surface area contributed by atoms with Crippen molar-refractivity contribution in [2.45, 2.75) is 52.0 Å². The van der Waals surface area contributed by atoms with Gasteiger partial charge in [0.15, 0.2) is 5.75 Å². The fraction of sp³-hybridized carbons (Fsp3) is 0.579. The van der Waals surface area contributed by atoms with Crippen LogP contribution >= 0.6 is 0 Å². The van der Waals surface area contributed by atoms with Crippen molar-refractivity contribution in [3.05, 3.63) is 21.5 Å². The molecular weight excluding hydrogens is 382 g/mol. The lowest BCUT2D eigenvalue weighted by molar-refractivity contribution is -0.135. The molecule has 29 heavy (non-hydrogen) atoms. The van der Waals surface area contributed by atoms with Crippen LogP contribution in [0.4, 0.5) is 0 Å². The highest BCUT2D eigenvalue weighted by Gasteiger charge is 2.32. The summed E-state index contributed by atoms with van der Waals surface area (Å²) in [4.78, 5) is 48.7. The van der Waals surface area contributed by atoms with E-state index in [0.29, 0.717) is 12.8 Å². The highest BCUT2D eigenvalue weighted by atomic mass is 16.4. The molecule has 0 bridgehead atoms. The Balaban J connectivity index is 2.60. The summed E-state index contributed by atoms with van der Waals surface area (Å²) in [7, 11) is 0. The van der Waals surface area contributed by atoms with Crippen LogP contribution in [0.5, 0.6) is 11.6 Å². The summed E-state index contributed by atoms with van der Waals surface area (Å²) in [5, 5.41) is 34.5. The maximum absolute atomic E-state index is 12.9. The summed E-state index contributed by atoms with van der Waals surface area (Å²) in [6.07, 6.45) is 3.74. The molecule has 1 heterocycles. The quantitative estimate of drug-likeness (QED) is 0.449. The van der Waals surface area contributed by atoms with E-state index in [1.54, 1.807) is 0 Å². The minimum atomic E-state index is -1.33. The van der Waals surface area contributed by atoms with E-state index in [1.807, 2.05) is 19.2 Å². The second-order valence-electron chi connectivity index (χ2n) is 7.57. The lowest BCUT2D eigenvalue weighted by Crippen LogP contribution is -2.39. The number of aromatic nitrogens is 1. The zero-order valence-electron chi connectivity index (χ0n) is 16.5. The summed E-state index contributed by atoms with van der Waals surface area (Å²) in [6.45, 7) is 3.19. The van der Waals surface area contributed by atoms with Gasteiger partial charge in [0.2, 0.25) is 5.88 Å². The molecule has 0 saturated heterocycles. The Kier molecular flexibility index (Phi) is 7.24. The molecule has 2 rings (SSSR count). The van der Waals surface area contributed by atoms with Gasteiger partial charge in [0, 0.05) is 12.6 Å². The molecule has 0 unspecified atom stereocenters. The molecule has 10 nitrogen and oxygen atoms in total. The Bertz CT molecular complexity index is 854. The third kappa shape index (κ3) is 5.07. The minimum absolute atomic E-state index is 0.0887. The lowest BCUT2D eigenvalue weighted by Gasteiger charge is -2.26. The maximum Gasteiger partial charge on any atom is 0.322 e. The minimum Gasteiger partial charge on any atom is -0.506 e. The largest absolute Gasteiger partial charge is 0.506 e. The highest BCUT2D eigenvalue weighted by Crippen LogP contribution is 2.35. The smallest absolute Gasteiger partial charge is 0.322 e. The number of aliphatic carboxylic acids is 1. The summed E-state index contributed by atoms with van der Waals surface area (Å²) in [5.41, 5.74) is -2.30. The molecule has 0 aliphatic heterocycles. The zero-order chi connectivity index (χ0) is 21.7. The van der Waals surface area contributed by atoms with Crippen LogP contribution in [0.3, 0.4) is 0 Å². The van der Waals surface area contributed by atoms with Crippen LogP contribution in [0, 0.1) is 5.92 Å². The van der Waals surface area contributed by atoms with E-state index in [1.165, 1.54) is 0 Å². The van der Waals surface area contributed by atoms with Gasteiger partial charge in [-0.15, -0.1) is 0 Å². The lowest BCUT2D eigenvalue weighted by atomic mass is 9.94. The molecule has 5 N–H and O–H groups in total. The van der Waals surface area contributed by atoms with Gasteiger partial charge in [0.05, 0.1) is 0 Å². The predicted octanol–water partition coefficient (Wildman–Crippen LogP) is 0.965. The van der Waals surface area contributed by atoms with Crippen molar-refractivity contribution in [3.63, 3.8) is 0 Å². The average Bonchev–Trinajstić information content (AvgIpc) is 2.65. The average molecular weight is 409 g/mol. The number of pyridine rings is 1. The van der Waals surface area contributed by atoms with Gasteiger partial charge in [-0.2, -0.15) is 0 Å². The van der Waals surface area contributed by atoms with Crippen molar-refractivity contribution in [3.8, 4) is 11.6 Å². The van der Waals surface area contributed by atoms with Gasteiger partial charge < -0.3 is 26.0 Å². The first-order valence-corrected chi connectivity index (χ1v) is 9.63. The van der Waals surface area contributed by atoms with E-state index >= 15 is 0 Å². The molecule has 0 atom stereocenters. The molecule has 1 fully saturated rings. The fourth-order valence-corrected chi connectivity index (χ4v) is 3.39. The molecule has 10 heteroatoms. The summed E-state index contributed by atoms with van der Waals surface area (Å²) in [5.74, 6) is -4.87. The van der Waals surface area contributed by atoms with E-state index in [2.05, 4.69) is 5.32 Å². The molecule has 1 saturated carbocycles. The van der Waals surface area contributed by atoms with Gasteiger partial charge in [-0.05, 0) is 18.8 Å². The first-order chi connectivity index (χ1) is 13.6. The second kappa shape index (κ2) is 9.44. The number of nitrogens with one attached hydrogen (secondary N) is 2. The van der Waals surface area contributed by atoms with Gasteiger partial charge in [-0.3, -0.25) is 23.7 Å². The topological polar surface area (TPSA) is 158 Å². The van der Waals surface area contributed by atoms with Gasteiger partial charge in [-0.1, -0.05) is 33.1 Å². The van der Waals surface area contributed by atoms with E-state index in [9.17, 15) is 29.4 Å². The molecule has 0 aromatic carbocycles. The first-order valence-electron chi connectivity index (χ1n) is 9.63. The molecule has 160 valence electrons. The fourth-order valence-electron chi connectivity index (χ4n) is 3.39. The molecule has 0 spiro atoms. The number of hydrogen-bond acceptors (Lipinski definition) is 6. The number of hydrogen-bond donors (Lipinski definition) is 5. The third-order valence-corrected chi connectivity index (χ3v) is 4.82. The Morgan fingerprint density at radius 2 is 1.62 bits per heavy atom. The van der Waals surface area contributed by atoms with Crippen molar-refractivity contribution in [1.29, 1.82) is 0 Å². The number of rotatable bonds is 7. The summed E-state index contributed by atoms with van der Waals surface area (Å²) >= 11 is 0. The van der Waals surface area contributed by atoms with E-state index in [0.717, 1.165) is 23.8 Å². The molecule has 1 aromatic rings. The summed E-state index contributed by atoms with van der Waals surface area (Å²) in [6, 6.07) is -0.431. The van der Waals surface area contributed by atoms with Crippen molar-refractivity contribution >= 4 is 17.8 Å². The van der Waals surface area contributed by atoms with Gasteiger partial charge in [-0.25, -0.2) is 0 Å². The Labute approximate surface area is 167 Å². The van der Waals surface area contributed by atoms with Crippen LogP contribution in [-0.2, 0) is 4.79 Å². The second-order valence-corrected chi connectivity index (χ2v) is 7.57. The van der Waals surface area contributed by atoms with Crippen molar-refractivity contribution in [2.24, 2.45) is 5.92 Å². The van der Waals surface area contributed by atoms with Gasteiger partial charge in [0.25, 0.3) is 17.4 Å². The van der Waals surface area contributed by atoms with E-state index in [-0.39, 0.29) is 12.5 Å². The van der Waals surface area contributed by atoms with Crippen molar-refractivity contribution in [1.82, 2.24) is 15.2 Å². The number of nitrogens with zero attached hydrogens (tertiary/aromatic N) is 1. The molecule has 0 radical (unpaired) electrons. The first kappa shape index (κ1) is 22.3. The predicted molar refractivity (Wildman–Crippen MR) is 103 cm³/mol. The van der Waals surface area contributed by atoms with Crippen LogP contribution in [0.2, 0.25) is 0 Å². The Morgan fingerprint density at radius 3 is 2.17 bits per heavy atom. The summed E-state index contributed by atoms with van der Waals surface area (Å²) < 4.78 is 0.971. The standard InChI is InChI=1S/C19H27N3O7/c1-10(2)8-20-16(26)13-15(25)14(17(27)21-9-12(23)24)19(29)22(18(13)28)11-6-4-3-5-7-11/h10-11,25,28H,3-9H2,1-2H3,(H,20,26)(H,21,27)(H,23,24). The van der Waals surface area contributed by atoms with Crippen molar-refractivity contribution in [2.75, 3.05) is 13.1 Å². The SMILES string of the molecule is CC(C)CNC(=O)c1c(O)c(C(=O)NCC(=O)O)c(=O)n(C2CCCCC2)c1O. The Hall–Kier alpha value is -3.04. The van der Waals surface area contributed by atoms with Gasteiger partial charge >= 0.3 is 5.97 Å². The highest BCUT2D eigenvalue weighted by molar-refractivity contribution is 6.05. The van der Waals surface area contributed by atoms with E-state index in [4.69, 9.17) is 5.11 Å². The number of carboxylic acid groups (broad SMARTS) is 1. The van der Waals surface area contributed by atoms with Gasteiger partial charge in [0.1, 0.15) is 17.7 Å². The third-order valence-electron chi connectivity index (χ3n) is 4.82. The number of carboxylic acids is 1. The zero-order valence-corrected chi connectivity index (χ0v) is 16.5. The van der Waals surface area contributed by atoms with Crippen molar-refractivity contribution < 1.29 is 29.7 Å². The van der Waals surface area contributed by atoms with E-state index < -0.39 is 58.7 Å². The Morgan fingerprint density at radius 1 is 1.03 bits per heavy atom. The molecule has 1 aliphatic rings. The van der Waals surface area contributed by atoms with Crippen LogP contribution in [-0.4, -0.2) is 50.8 Å². The van der Waals surface area contributed by atoms with Crippen LogP contribution in [0.15, 0.2) is 4.79 Å². The number of carbonyl (C=O) groups is 3. The number of aromatic hydroxyl groups is 2. The maximum atomic E-state index is 12.9. The normalized spacial score (nSPS) is 14.6. The van der Waals surface area contributed by atoms with Crippen LogP contribution in [0.25, 0.3) is 0 Å². The molecular formula is C19H27N3O7. The molecule has 1 aromatic heterocycles. The molecule has 1 aliphatic carbocycles.